The van der Waals surface area contributed by atoms with E-state index in [1.165, 1.54) is 4.31 Å². The number of hydrogen-bond donors (Lipinski definition) is 1. The number of carbonyl (C=O) groups is 1. The lowest BCUT2D eigenvalue weighted by molar-refractivity contribution is -0.121. The van der Waals surface area contributed by atoms with Gasteiger partial charge in [0.25, 0.3) is 0 Å². The van der Waals surface area contributed by atoms with Gasteiger partial charge < -0.3 is 5.32 Å². The Labute approximate surface area is 161 Å². The van der Waals surface area contributed by atoms with Crippen molar-refractivity contribution in [1.82, 2.24) is 19.4 Å². The zero-order chi connectivity index (χ0) is 19.7. The number of amides is 1. The molecule has 0 radical (unpaired) electrons. The van der Waals surface area contributed by atoms with Crippen LogP contribution >= 0.6 is 0 Å². The minimum absolute atomic E-state index is 0.00435. The molecule has 8 heteroatoms. The van der Waals surface area contributed by atoms with Gasteiger partial charge in [-0.1, -0.05) is 26.0 Å². The van der Waals surface area contributed by atoms with Crippen LogP contribution in [-0.2, 0) is 27.8 Å². The first-order chi connectivity index (χ1) is 13.0. The standard InChI is InChI=1S/C19H28N4O3S/c1-3-23(4-2)27(25,26)18-10-7-17(8-11-18)9-12-19(24)20-13-5-15-22-16-6-14-21-22/h6-8,10-11,14,16H,3-5,9,12-13,15H2,1-2H3,(H,20,24). The number of hydrogen-bond acceptors (Lipinski definition) is 4. The summed E-state index contributed by atoms with van der Waals surface area (Å²) in [6.07, 6.45) is 5.41. The molecule has 0 aliphatic rings. The number of benzene rings is 1. The Hall–Kier alpha value is -2.19. The van der Waals surface area contributed by atoms with E-state index in [1.54, 1.807) is 30.5 Å². The molecule has 0 spiro atoms. The highest BCUT2D eigenvalue weighted by molar-refractivity contribution is 7.89. The molecule has 0 saturated heterocycles. The van der Waals surface area contributed by atoms with Crippen LogP contribution in [0.2, 0.25) is 0 Å². The third kappa shape index (κ3) is 6.18. The average molecular weight is 393 g/mol. The smallest absolute Gasteiger partial charge is 0.243 e. The predicted molar refractivity (Wildman–Crippen MR) is 105 cm³/mol. The van der Waals surface area contributed by atoms with Crippen LogP contribution in [0.5, 0.6) is 0 Å². The van der Waals surface area contributed by atoms with Crippen molar-refractivity contribution in [2.24, 2.45) is 0 Å². The van der Waals surface area contributed by atoms with Crippen LogP contribution in [-0.4, -0.2) is 48.0 Å². The molecule has 7 nitrogen and oxygen atoms in total. The van der Waals surface area contributed by atoms with Crippen LogP contribution in [0.15, 0.2) is 47.6 Å². The van der Waals surface area contributed by atoms with Crippen LogP contribution in [0, 0.1) is 0 Å². The maximum absolute atomic E-state index is 12.5. The normalized spacial score (nSPS) is 11.7. The zero-order valence-electron chi connectivity index (χ0n) is 16.0. The maximum Gasteiger partial charge on any atom is 0.243 e. The predicted octanol–water partition coefficient (Wildman–Crippen LogP) is 2.05. The van der Waals surface area contributed by atoms with Crippen molar-refractivity contribution < 1.29 is 13.2 Å². The minimum Gasteiger partial charge on any atom is -0.356 e. The van der Waals surface area contributed by atoms with Crippen molar-refractivity contribution in [1.29, 1.82) is 0 Å². The Morgan fingerprint density at radius 1 is 1.19 bits per heavy atom. The Morgan fingerprint density at radius 3 is 2.48 bits per heavy atom. The van der Waals surface area contributed by atoms with Crippen LogP contribution in [0.3, 0.4) is 0 Å². The zero-order valence-corrected chi connectivity index (χ0v) is 16.8. The van der Waals surface area contributed by atoms with Crippen molar-refractivity contribution in [2.45, 2.75) is 44.6 Å². The number of aryl methyl sites for hydroxylation is 2. The molecule has 1 aromatic carbocycles. The summed E-state index contributed by atoms with van der Waals surface area (Å²) < 4.78 is 28.2. The first kappa shape index (κ1) is 21.1. The molecule has 1 N–H and O–H groups in total. The van der Waals surface area contributed by atoms with Gasteiger partial charge in [-0.2, -0.15) is 9.40 Å². The van der Waals surface area contributed by atoms with Gasteiger partial charge >= 0.3 is 0 Å². The molecule has 0 bridgehead atoms. The van der Waals surface area contributed by atoms with E-state index in [1.807, 2.05) is 30.8 Å². The molecule has 0 atom stereocenters. The summed E-state index contributed by atoms with van der Waals surface area (Å²) in [6, 6.07) is 8.66. The molecule has 0 unspecified atom stereocenters. The second kappa shape index (κ2) is 10.2. The van der Waals surface area contributed by atoms with Gasteiger partial charge in [-0.25, -0.2) is 8.42 Å². The average Bonchev–Trinajstić information content (AvgIpc) is 3.18. The van der Waals surface area contributed by atoms with E-state index in [0.717, 1.165) is 18.5 Å². The van der Waals surface area contributed by atoms with Gasteiger partial charge in [0.15, 0.2) is 0 Å². The fourth-order valence-electron chi connectivity index (χ4n) is 2.79. The Kier molecular flexibility index (Phi) is 7.99. The van der Waals surface area contributed by atoms with Gasteiger partial charge in [0, 0.05) is 45.0 Å². The molecular weight excluding hydrogens is 364 g/mol. The van der Waals surface area contributed by atoms with E-state index in [2.05, 4.69) is 10.4 Å². The van der Waals surface area contributed by atoms with Gasteiger partial charge in [-0.3, -0.25) is 9.48 Å². The molecule has 0 saturated carbocycles. The van der Waals surface area contributed by atoms with E-state index in [4.69, 9.17) is 0 Å². The summed E-state index contributed by atoms with van der Waals surface area (Å²) in [6.45, 7) is 5.92. The van der Waals surface area contributed by atoms with E-state index < -0.39 is 10.0 Å². The highest BCUT2D eigenvalue weighted by atomic mass is 32.2. The summed E-state index contributed by atoms with van der Waals surface area (Å²) in [5.74, 6) is -0.00435. The number of sulfonamides is 1. The summed E-state index contributed by atoms with van der Waals surface area (Å²) in [7, 11) is -3.44. The summed E-state index contributed by atoms with van der Waals surface area (Å²) in [5.41, 5.74) is 0.945. The van der Waals surface area contributed by atoms with Crippen molar-refractivity contribution in [3.8, 4) is 0 Å². The Morgan fingerprint density at radius 2 is 1.89 bits per heavy atom. The van der Waals surface area contributed by atoms with Crippen molar-refractivity contribution in [3.63, 3.8) is 0 Å². The molecule has 0 aliphatic heterocycles. The molecule has 1 amide bonds. The van der Waals surface area contributed by atoms with Gasteiger partial charge in [0.05, 0.1) is 4.90 Å². The SMILES string of the molecule is CCN(CC)S(=O)(=O)c1ccc(CCC(=O)NCCCn2cccn2)cc1. The topological polar surface area (TPSA) is 84.3 Å². The molecule has 0 aliphatic carbocycles. The van der Waals surface area contributed by atoms with Gasteiger partial charge in [0.1, 0.15) is 0 Å². The molecule has 148 valence electrons. The van der Waals surface area contributed by atoms with Crippen LogP contribution in [0.4, 0.5) is 0 Å². The quantitative estimate of drug-likeness (QED) is 0.593. The van der Waals surface area contributed by atoms with E-state index in [9.17, 15) is 13.2 Å². The molecular formula is C19H28N4O3S. The van der Waals surface area contributed by atoms with Crippen LogP contribution in [0.1, 0.15) is 32.3 Å². The van der Waals surface area contributed by atoms with Crippen molar-refractivity contribution >= 4 is 15.9 Å². The molecule has 2 aromatic rings. The first-order valence-electron chi connectivity index (χ1n) is 9.30. The third-order valence-corrected chi connectivity index (χ3v) is 6.42. The lowest BCUT2D eigenvalue weighted by Gasteiger charge is -2.18. The van der Waals surface area contributed by atoms with E-state index >= 15 is 0 Å². The minimum atomic E-state index is -3.44. The monoisotopic (exact) mass is 392 g/mol. The highest BCUT2D eigenvalue weighted by Crippen LogP contribution is 2.16. The number of rotatable bonds is 11. The van der Waals surface area contributed by atoms with Gasteiger partial charge in [-0.05, 0) is 36.6 Å². The summed E-state index contributed by atoms with van der Waals surface area (Å²) in [5, 5.41) is 7.01. The van der Waals surface area contributed by atoms with Gasteiger partial charge in [0.2, 0.25) is 15.9 Å². The molecule has 1 heterocycles. The van der Waals surface area contributed by atoms with Crippen molar-refractivity contribution in [3.05, 3.63) is 48.3 Å². The lowest BCUT2D eigenvalue weighted by atomic mass is 10.1. The summed E-state index contributed by atoms with van der Waals surface area (Å²) in [4.78, 5) is 12.2. The van der Waals surface area contributed by atoms with E-state index in [0.29, 0.717) is 32.5 Å². The number of aromatic nitrogens is 2. The molecule has 1 aromatic heterocycles. The Bertz CT molecular complexity index is 798. The number of nitrogens with zero attached hydrogens (tertiary/aromatic N) is 3. The fraction of sp³-hybridized carbons (Fsp3) is 0.474. The fourth-order valence-corrected chi connectivity index (χ4v) is 4.25. The number of carbonyl (C=O) groups excluding carboxylic acids is 1. The molecule has 0 fully saturated rings. The molecule has 27 heavy (non-hydrogen) atoms. The van der Waals surface area contributed by atoms with Gasteiger partial charge in [-0.15, -0.1) is 0 Å². The van der Waals surface area contributed by atoms with Crippen LogP contribution < -0.4 is 5.32 Å². The lowest BCUT2D eigenvalue weighted by Crippen LogP contribution is -2.30. The second-order valence-electron chi connectivity index (χ2n) is 6.21. The third-order valence-electron chi connectivity index (χ3n) is 4.35. The number of nitrogens with one attached hydrogen (secondary N) is 1. The first-order valence-corrected chi connectivity index (χ1v) is 10.7. The van der Waals surface area contributed by atoms with E-state index in [-0.39, 0.29) is 10.8 Å². The maximum atomic E-state index is 12.5. The summed E-state index contributed by atoms with van der Waals surface area (Å²) >= 11 is 0. The largest absolute Gasteiger partial charge is 0.356 e. The molecule has 2 rings (SSSR count). The highest BCUT2D eigenvalue weighted by Gasteiger charge is 2.21. The van der Waals surface area contributed by atoms with Crippen LogP contribution in [0.25, 0.3) is 0 Å². The Balaban J connectivity index is 1.76. The second-order valence-corrected chi connectivity index (χ2v) is 8.14. The van der Waals surface area contributed by atoms with Crippen molar-refractivity contribution in [2.75, 3.05) is 19.6 Å².